The van der Waals surface area contributed by atoms with E-state index in [9.17, 15) is 9.59 Å². The molecule has 2 aromatic rings. The molecular weight excluding hydrogens is 394 g/mol. The molecule has 1 fully saturated rings. The van der Waals surface area contributed by atoms with Gasteiger partial charge in [0.25, 0.3) is 0 Å². The lowest BCUT2D eigenvalue weighted by atomic mass is 10.0. The smallest absolute Gasteiger partial charge is 0.312 e. The minimum absolute atomic E-state index is 0.0202. The number of hydrogen-bond donors (Lipinski definition) is 3. The van der Waals surface area contributed by atoms with E-state index in [0.717, 1.165) is 19.4 Å². The Morgan fingerprint density at radius 3 is 2.79 bits per heavy atom. The summed E-state index contributed by atoms with van der Waals surface area (Å²) in [5.41, 5.74) is 6.48. The van der Waals surface area contributed by atoms with E-state index >= 15 is 0 Å². The third-order valence-electron chi connectivity index (χ3n) is 4.56. The van der Waals surface area contributed by atoms with Crippen molar-refractivity contribution in [2.45, 2.75) is 31.4 Å². The summed E-state index contributed by atoms with van der Waals surface area (Å²) in [6.07, 6.45) is 2.14. The number of nitrogens with two attached hydrogens (primary N) is 1. The Balaban J connectivity index is 1.61. The molecule has 2 atom stereocenters. The number of halogens is 1. The predicted octanol–water partition coefficient (Wildman–Crippen LogP) is 3.64. The molecule has 2 aromatic carbocycles. The summed E-state index contributed by atoms with van der Waals surface area (Å²) in [6.45, 7) is 1.25. The van der Waals surface area contributed by atoms with Crippen LogP contribution in [0, 0.1) is 0 Å². The number of carbonyl (C=O) groups excluding carboxylic acids is 2. The summed E-state index contributed by atoms with van der Waals surface area (Å²) in [6, 6.07) is 12.8. The number of benzene rings is 2. The van der Waals surface area contributed by atoms with Gasteiger partial charge in [-0.15, -0.1) is 0 Å². The van der Waals surface area contributed by atoms with Crippen molar-refractivity contribution in [3.05, 3.63) is 59.1 Å². The van der Waals surface area contributed by atoms with Crippen LogP contribution in [0.2, 0.25) is 5.02 Å². The summed E-state index contributed by atoms with van der Waals surface area (Å²) < 4.78 is 11.3. The Morgan fingerprint density at radius 1 is 1.24 bits per heavy atom. The van der Waals surface area contributed by atoms with Crippen molar-refractivity contribution in [2.24, 2.45) is 5.73 Å². The van der Waals surface area contributed by atoms with Gasteiger partial charge in [0, 0.05) is 23.4 Å². The molecule has 4 N–H and O–H groups in total. The molecule has 0 saturated carbocycles. The number of primary amides is 1. The number of anilines is 1. The van der Waals surface area contributed by atoms with E-state index in [1.165, 1.54) is 0 Å². The van der Waals surface area contributed by atoms with Crippen LogP contribution in [-0.2, 0) is 9.53 Å². The molecule has 0 bridgehead atoms. The van der Waals surface area contributed by atoms with E-state index in [1.807, 2.05) is 6.07 Å². The standard InChI is InChI=1S/C21H24ClN3O4/c22-18-9-2-1-8-17(18)19(25-21(23)27)12-20(26)24-14-5-3-6-15(11-14)29-13-16-7-4-10-28-16/h1-3,5-6,8-9,11,16,19H,4,7,10,12-13H2,(H,24,26)(H3,23,25,27)/t16-,19+/m1/s1. The van der Waals surface area contributed by atoms with Gasteiger partial charge in [0.15, 0.2) is 0 Å². The number of hydrogen-bond acceptors (Lipinski definition) is 4. The summed E-state index contributed by atoms with van der Waals surface area (Å²) in [4.78, 5) is 23.9. The van der Waals surface area contributed by atoms with Crippen LogP contribution in [0.3, 0.4) is 0 Å². The summed E-state index contributed by atoms with van der Waals surface area (Å²) in [5.74, 6) is 0.358. The van der Waals surface area contributed by atoms with Crippen molar-refractivity contribution in [1.29, 1.82) is 0 Å². The summed E-state index contributed by atoms with van der Waals surface area (Å²) in [7, 11) is 0. The fourth-order valence-electron chi connectivity index (χ4n) is 3.19. The maximum absolute atomic E-state index is 12.6. The molecule has 1 saturated heterocycles. The third-order valence-corrected chi connectivity index (χ3v) is 4.91. The molecule has 3 rings (SSSR count). The molecule has 0 aromatic heterocycles. The molecule has 1 heterocycles. The molecule has 1 aliphatic heterocycles. The van der Waals surface area contributed by atoms with Gasteiger partial charge in [0.1, 0.15) is 12.4 Å². The molecule has 154 valence electrons. The van der Waals surface area contributed by atoms with Gasteiger partial charge < -0.3 is 25.8 Å². The van der Waals surface area contributed by atoms with Gasteiger partial charge in [-0.3, -0.25) is 4.79 Å². The van der Waals surface area contributed by atoms with Gasteiger partial charge in [0.05, 0.1) is 18.6 Å². The molecule has 1 aliphatic rings. The minimum Gasteiger partial charge on any atom is -0.491 e. The van der Waals surface area contributed by atoms with Crippen LogP contribution < -0.4 is 21.1 Å². The van der Waals surface area contributed by atoms with E-state index in [4.69, 9.17) is 26.8 Å². The zero-order valence-electron chi connectivity index (χ0n) is 15.9. The van der Waals surface area contributed by atoms with E-state index in [-0.39, 0.29) is 18.4 Å². The minimum atomic E-state index is -0.729. The van der Waals surface area contributed by atoms with Crippen molar-refractivity contribution in [2.75, 3.05) is 18.5 Å². The maximum Gasteiger partial charge on any atom is 0.312 e. The van der Waals surface area contributed by atoms with Crippen LogP contribution >= 0.6 is 11.6 Å². The highest BCUT2D eigenvalue weighted by molar-refractivity contribution is 6.31. The zero-order valence-corrected chi connectivity index (χ0v) is 16.7. The Hall–Kier alpha value is -2.77. The largest absolute Gasteiger partial charge is 0.491 e. The number of amides is 3. The number of rotatable bonds is 8. The van der Waals surface area contributed by atoms with Crippen LogP contribution in [0.4, 0.5) is 10.5 Å². The van der Waals surface area contributed by atoms with Gasteiger partial charge in [-0.25, -0.2) is 4.79 Å². The van der Waals surface area contributed by atoms with Gasteiger partial charge in [-0.2, -0.15) is 0 Å². The zero-order chi connectivity index (χ0) is 20.6. The van der Waals surface area contributed by atoms with Crippen molar-refractivity contribution >= 4 is 29.2 Å². The second kappa shape index (κ2) is 10.1. The highest BCUT2D eigenvalue weighted by Gasteiger charge is 2.20. The first-order valence-electron chi connectivity index (χ1n) is 9.46. The topological polar surface area (TPSA) is 103 Å². The highest BCUT2D eigenvalue weighted by atomic mass is 35.5. The fourth-order valence-corrected chi connectivity index (χ4v) is 3.46. The first kappa shape index (κ1) is 21.0. The molecule has 7 nitrogen and oxygen atoms in total. The van der Waals surface area contributed by atoms with Gasteiger partial charge in [-0.1, -0.05) is 35.9 Å². The molecule has 29 heavy (non-hydrogen) atoms. The van der Waals surface area contributed by atoms with E-state index in [2.05, 4.69) is 10.6 Å². The second-order valence-electron chi connectivity index (χ2n) is 6.81. The Morgan fingerprint density at radius 2 is 2.07 bits per heavy atom. The average Bonchev–Trinajstić information content (AvgIpc) is 3.20. The van der Waals surface area contributed by atoms with Crippen LogP contribution in [0.1, 0.15) is 30.9 Å². The van der Waals surface area contributed by atoms with Crippen molar-refractivity contribution < 1.29 is 19.1 Å². The number of nitrogens with one attached hydrogen (secondary N) is 2. The van der Waals surface area contributed by atoms with E-state index < -0.39 is 12.1 Å². The van der Waals surface area contributed by atoms with Gasteiger partial charge in [0.2, 0.25) is 5.91 Å². The number of urea groups is 1. The molecule has 8 heteroatoms. The third kappa shape index (κ3) is 6.37. The summed E-state index contributed by atoms with van der Waals surface area (Å²) >= 11 is 6.20. The number of carbonyl (C=O) groups is 2. The maximum atomic E-state index is 12.6. The Bertz CT molecular complexity index is 855. The first-order chi connectivity index (χ1) is 14.0. The molecule has 0 unspecified atom stereocenters. The van der Waals surface area contributed by atoms with Crippen molar-refractivity contribution in [3.8, 4) is 5.75 Å². The fraction of sp³-hybridized carbons (Fsp3) is 0.333. The molecule has 0 radical (unpaired) electrons. The monoisotopic (exact) mass is 417 g/mol. The lowest BCUT2D eigenvalue weighted by Gasteiger charge is -2.19. The van der Waals surface area contributed by atoms with Crippen LogP contribution in [0.25, 0.3) is 0 Å². The quantitative estimate of drug-likeness (QED) is 0.610. The lowest BCUT2D eigenvalue weighted by molar-refractivity contribution is -0.116. The lowest BCUT2D eigenvalue weighted by Crippen LogP contribution is -2.35. The average molecular weight is 418 g/mol. The van der Waals surface area contributed by atoms with Crippen LogP contribution in [0.5, 0.6) is 5.75 Å². The SMILES string of the molecule is NC(=O)N[C@@H](CC(=O)Nc1cccc(OC[C@H]2CCCO2)c1)c1ccccc1Cl. The highest BCUT2D eigenvalue weighted by Crippen LogP contribution is 2.26. The summed E-state index contributed by atoms with van der Waals surface area (Å²) in [5, 5.41) is 5.84. The van der Waals surface area contributed by atoms with Gasteiger partial charge >= 0.3 is 6.03 Å². The van der Waals surface area contributed by atoms with Crippen LogP contribution in [0.15, 0.2) is 48.5 Å². The Kier molecular flexibility index (Phi) is 7.32. The van der Waals surface area contributed by atoms with E-state index in [1.54, 1.807) is 42.5 Å². The molecule has 3 amide bonds. The normalized spacial score (nSPS) is 16.8. The first-order valence-corrected chi connectivity index (χ1v) is 9.84. The van der Waals surface area contributed by atoms with Crippen molar-refractivity contribution in [3.63, 3.8) is 0 Å². The van der Waals surface area contributed by atoms with Gasteiger partial charge in [-0.05, 0) is 36.6 Å². The Labute approximate surface area is 174 Å². The number of ether oxygens (including phenoxy) is 2. The second-order valence-corrected chi connectivity index (χ2v) is 7.22. The van der Waals surface area contributed by atoms with Crippen LogP contribution in [-0.4, -0.2) is 31.3 Å². The molecular formula is C21H24ClN3O4. The molecule has 0 aliphatic carbocycles. The molecule has 0 spiro atoms. The predicted molar refractivity (Wildman–Crippen MR) is 111 cm³/mol. The van der Waals surface area contributed by atoms with E-state index in [0.29, 0.717) is 28.6 Å². The van der Waals surface area contributed by atoms with Crippen molar-refractivity contribution in [1.82, 2.24) is 5.32 Å².